The van der Waals surface area contributed by atoms with E-state index < -0.39 is 24.0 Å². The van der Waals surface area contributed by atoms with Crippen molar-refractivity contribution < 1.29 is 14.3 Å². The van der Waals surface area contributed by atoms with E-state index in [-0.39, 0.29) is 17.2 Å². The van der Waals surface area contributed by atoms with Crippen molar-refractivity contribution in [2.45, 2.75) is 46.2 Å². The van der Waals surface area contributed by atoms with Crippen molar-refractivity contribution >= 4 is 23.4 Å². The Bertz CT molecular complexity index is 912. The van der Waals surface area contributed by atoms with Crippen molar-refractivity contribution in [2.24, 2.45) is 0 Å². The van der Waals surface area contributed by atoms with E-state index in [0.717, 1.165) is 17.3 Å². The number of carbonyl (C=O) groups is 1. The first-order chi connectivity index (χ1) is 13.2. The molecule has 0 aliphatic rings. The Morgan fingerprint density at radius 2 is 2.07 bits per heavy atom. The first-order valence-corrected chi connectivity index (χ1v) is 8.82. The smallest absolute Gasteiger partial charge is 0.404 e. The van der Waals surface area contributed by atoms with E-state index in [2.05, 4.69) is 25.9 Å². The Labute approximate surface area is 162 Å². The lowest BCUT2D eigenvalue weighted by Gasteiger charge is -2.24. The molecule has 0 spiro atoms. The molecule has 9 heteroatoms. The van der Waals surface area contributed by atoms with Gasteiger partial charge in [0.2, 0.25) is 0 Å². The predicted octanol–water partition coefficient (Wildman–Crippen LogP) is 3.69. The van der Waals surface area contributed by atoms with Crippen LogP contribution in [0, 0.1) is 31.0 Å². The molecular formula is C19H23FN6O2. The zero-order valence-electron chi connectivity index (χ0n) is 16.2. The topological polar surface area (TPSA) is 123 Å². The third-order valence-corrected chi connectivity index (χ3v) is 4.42. The zero-order valence-corrected chi connectivity index (χ0v) is 16.2. The molecule has 148 valence electrons. The van der Waals surface area contributed by atoms with E-state index in [0.29, 0.717) is 12.1 Å². The van der Waals surface area contributed by atoms with Gasteiger partial charge in [-0.3, -0.25) is 4.98 Å². The highest BCUT2D eigenvalue weighted by molar-refractivity contribution is 5.66. The third kappa shape index (κ3) is 5.07. The molecule has 0 bridgehead atoms. The largest absolute Gasteiger partial charge is 0.465 e. The summed E-state index contributed by atoms with van der Waals surface area (Å²) in [5.74, 6) is -0.586. The quantitative estimate of drug-likeness (QED) is 0.572. The normalized spacial score (nSPS) is 12.6. The molecule has 2 atom stereocenters. The van der Waals surface area contributed by atoms with Crippen molar-refractivity contribution in [2.75, 3.05) is 10.6 Å². The summed E-state index contributed by atoms with van der Waals surface area (Å²) >= 11 is 0. The maximum Gasteiger partial charge on any atom is 0.404 e. The monoisotopic (exact) mass is 386 g/mol. The molecule has 2 aromatic heterocycles. The minimum absolute atomic E-state index is 0.0460. The Balaban J connectivity index is 2.31. The number of aromatic nitrogens is 2. The summed E-state index contributed by atoms with van der Waals surface area (Å²) < 4.78 is 14.4. The molecule has 0 saturated heterocycles. The molecule has 0 saturated carbocycles. The molecule has 0 aromatic carbocycles. The molecule has 8 nitrogen and oxygen atoms in total. The number of nitrogens with one attached hydrogen (secondary N) is 3. The van der Waals surface area contributed by atoms with Crippen LogP contribution in [0.15, 0.2) is 18.3 Å². The lowest BCUT2D eigenvalue weighted by atomic mass is 10.1. The number of hydrogen-bond donors (Lipinski definition) is 4. The minimum atomic E-state index is -1.15. The number of halogens is 1. The molecule has 0 fully saturated rings. The molecule has 28 heavy (non-hydrogen) atoms. The highest BCUT2D eigenvalue weighted by Gasteiger charge is 2.20. The van der Waals surface area contributed by atoms with Gasteiger partial charge in [0, 0.05) is 11.7 Å². The van der Waals surface area contributed by atoms with Crippen LogP contribution in [0.4, 0.5) is 26.5 Å². The fraction of sp³-hybridized carbons (Fsp3) is 0.368. The summed E-state index contributed by atoms with van der Waals surface area (Å²) in [4.78, 5) is 19.4. The molecule has 2 heterocycles. The molecule has 0 aliphatic carbocycles. The summed E-state index contributed by atoms with van der Waals surface area (Å²) in [5, 5.41) is 26.5. The van der Waals surface area contributed by atoms with Crippen LogP contribution < -0.4 is 16.0 Å². The van der Waals surface area contributed by atoms with Crippen molar-refractivity contribution in [3.8, 4) is 6.07 Å². The number of carboxylic acid groups (broad SMARTS) is 1. The summed E-state index contributed by atoms with van der Waals surface area (Å²) in [6.07, 6.45) is 0.963. The Hall–Kier alpha value is -3.41. The van der Waals surface area contributed by atoms with E-state index in [1.165, 1.54) is 0 Å². The number of hydrogen-bond acceptors (Lipinski definition) is 6. The Kier molecular flexibility index (Phi) is 6.71. The zero-order chi connectivity index (χ0) is 20.8. The van der Waals surface area contributed by atoms with Gasteiger partial charge in [-0.1, -0.05) is 6.92 Å². The lowest BCUT2D eigenvalue weighted by Crippen LogP contribution is -2.44. The van der Waals surface area contributed by atoms with Crippen LogP contribution in [0.5, 0.6) is 0 Å². The van der Waals surface area contributed by atoms with Crippen LogP contribution in [0.25, 0.3) is 0 Å². The molecule has 4 N–H and O–H groups in total. The van der Waals surface area contributed by atoms with Gasteiger partial charge < -0.3 is 21.1 Å². The first kappa shape index (κ1) is 20.9. The average molecular weight is 386 g/mol. The number of nitrogens with zero attached hydrogens (tertiary/aromatic N) is 3. The van der Waals surface area contributed by atoms with E-state index in [9.17, 15) is 14.4 Å². The fourth-order valence-corrected chi connectivity index (χ4v) is 2.67. The molecule has 0 unspecified atom stereocenters. The first-order valence-electron chi connectivity index (χ1n) is 8.82. The second-order valence-corrected chi connectivity index (χ2v) is 6.48. The Morgan fingerprint density at radius 1 is 1.36 bits per heavy atom. The standard InChI is InChI=1S/C19H23FN6O2/c1-5-16(25-19(27)28)12(4)23-18-15(20)7-13(8-21)17(26-18)24-14-6-10(2)11(3)22-9-14/h6-7,9,12,16,25H,5H2,1-4H3,(H,27,28)(H2,23,24,26)/t12-,16+/m1/s1. The molecule has 2 rings (SSSR count). The van der Waals surface area contributed by atoms with Crippen LogP contribution in [0.2, 0.25) is 0 Å². The highest BCUT2D eigenvalue weighted by Crippen LogP contribution is 2.24. The summed E-state index contributed by atoms with van der Waals surface area (Å²) in [5.41, 5.74) is 2.51. The summed E-state index contributed by atoms with van der Waals surface area (Å²) in [7, 11) is 0. The van der Waals surface area contributed by atoms with E-state index in [1.54, 1.807) is 13.1 Å². The second-order valence-electron chi connectivity index (χ2n) is 6.48. The predicted molar refractivity (Wildman–Crippen MR) is 104 cm³/mol. The number of aryl methyl sites for hydroxylation is 2. The molecule has 0 aliphatic heterocycles. The van der Waals surface area contributed by atoms with Crippen LogP contribution in [0.3, 0.4) is 0 Å². The van der Waals surface area contributed by atoms with Gasteiger partial charge in [-0.05, 0) is 44.9 Å². The van der Waals surface area contributed by atoms with Crippen molar-refractivity contribution in [1.29, 1.82) is 5.26 Å². The molecule has 1 amide bonds. The number of pyridine rings is 2. The van der Waals surface area contributed by atoms with Crippen molar-refractivity contribution in [3.05, 3.63) is 41.0 Å². The maximum atomic E-state index is 14.4. The van der Waals surface area contributed by atoms with E-state index >= 15 is 0 Å². The minimum Gasteiger partial charge on any atom is -0.465 e. The van der Waals surface area contributed by atoms with Gasteiger partial charge in [-0.2, -0.15) is 5.26 Å². The number of nitriles is 1. The van der Waals surface area contributed by atoms with E-state index in [4.69, 9.17) is 5.11 Å². The van der Waals surface area contributed by atoms with Gasteiger partial charge in [-0.25, -0.2) is 14.2 Å². The van der Waals surface area contributed by atoms with Gasteiger partial charge in [0.05, 0.1) is 23.5 Å². The number of anilines is 3. The lowest BCUT2D eigenvalue weighted by molar-refractivity contribution is 0.188. The van der Waals surface area contributed by atoms with Gasteiger partial charge in [0.15, 0.2) is 17.5 Å². The van der Waals surface area contributed by atoms with Gasteiger partial charge in [0.25, 0.3) is 0 Å². The summed E-state index contributed by atoms with van der Waals surface area (Å²) in [6, 6.07) is 4.00. The van der Waals surface area contributed by atoms with Crippen LogP contribution in [-0.4, -0.2) is 33.3 Å². The van der Waals surface area contributed by atoms with E-state index in [1.807, 2.05) is 32.9 Å². The van der Waals surface area contributed by atoms with Crippen molar-refractivity contribution in [3.63, 3.8) is 0 Å². The fourth-order valence-electron chi connectivity index (χ4n) is 2.67. The highest BCUT2D eigenvalue weighted by atomic mass is 19.1. The second kappa shape index (κ2) is 8.99. The molecule has 0 radical (unpaired) electrons. The van der Waals surface area contributed by atoms with Gasteiger partial charge in [0.1, 0.15) is 6.07 Å². The molecule has 2 aromatic rings. The van der Waals surface area contributed by atoms with Crippen LogP contribution in [0.1, 0.15) is 37.1 Å². The SMILES string of the molecule is CC[C@H](NC(=O)O)[C@@H](C)Nc1nc(Nc2cnc(C)c(C)c2)c(C#N)cc1F. The summed E-state index contributed by atoms with van der Waals surface area (Å²) in [6.45, 7) is 7.34. The molecular weight excluding hydrogens is 363 g/mol. The van der Waals surface area contributed by atoms with Crippen LogP contribution >= 0.6 is 0 Å². The average Bonchev–Trinajstić information content (AvgIpc) is 2.64. The van der Waals surface area contributed by atoms with Crippen LogP contribution in [-0.2, 0) is 0 Å². The van der Waals surface area contributed by atoms with Crippen molar-refractivity contribution in [1.82, 2.24) is 15.3 Å². The number of rotatable bonds is 7. The number of amides is 1. The Morgan fingerprint density at radius 3 is 2.64 bits per heavy atom. The third-order valence-electron chi connectivity index (χ3n) is 4.42. The van der Waals surface area contributed by atoms with Gasteiger partial charge >= 0.3 is 6.09 Å². The maximum absolute atomic E-state index is 14.4. The van der Waals surface area contributed by atoms with Gasteiger partial charge in [-0.15, -0.1) is 0 Å².